The van der Waals surface area contributed by atoms with Crippen LogP contribution in [0.1, 0.15) is 5.69 Å². The lowest BCUT2D eigenvalue weighted by molar-refractivity contribution is -0.141. The Hall–Kier alpha value is -2.62. The van der Waals surface area contributed by atoms with E-state index in [1.54, 1.807) is 16.8 Å². The molecule has 10 heteroatoms. The summed E-state index contributed by atoms with van der Waals surface area (Å²) >= 11 is 0. The van der Waals surface area contributed by atoms with Crippen molar-refractivity contribution >= 4 is 11.5 Å². The molecule has 0 aliphatic carbocycles. The zero-order chi connectivity index (χ0) is 14.3. The summed E-state index contributed by atoms with van der Waals surface area (Å²) in [4.78, 5) is 8.10. The van der Waals surface area contributed by atoms with Gasteiger partial charge in [0.15, 0.2) is 23.0 Å². The van der Waals surface area contributed by atoms with Crippen LogP contribution in [0.3, 0.4) is 0 Å². The molecule has 0 saturated carbocycles. The number of nitrogens with two attached hydrogens (primary N) is 1. The van der Waals surface area contributed by atoms with Gasteiger partial charge in [-0.25, -0.2) is 20.5 Å². The molecule has 3 aromatic rings. The monoisotopic (exact) mass is 283 g/mol. The van der Waals surface area contributed by atoms with E-state index in [2.05, 4.69) is 20.5 Å². The first kappa shape index (κ1) is 12.4. The lowest BCUT2D eigenvalue weighted by Crippen LogP contribution is -2.13. The van der Waals surface area contributed by atoms with Crippen LogP contribution in [0.5, 0.6) is 0 Å². The molecule has 0 unspecified atom stereocenters. The largest absolute Gasteiger partial charge is 0.435 e. The second-order valence-electron chi connectivity index (χ2n) is 3.90. The number of hydrogen-bond donors (Lipinski definition) is 2. The fourth-order valence-corrected chi connectivity index (χ4v) is 1.73. The average molecular weight is 283 g/mol. The standard InChI is InChI=1S/C10H8F3N7/c11-10(12,13)6-1-3-20(18-6)9-8-15-2-4-19(8)5-7(16-9)17-14/h1-5,17H,14H2. The molecule has 0 fully saturated rings. The van der Waals surface area contributed by atoms with Gasteiger partial charge < -0.3 is 9.83 Å². The van der Waals surface area contributed by atoms with E-state index in [1.807, 2.05) is 0 Å². The summed E-state index contributed by atoms with van der Waals surface area (Å²) in [7, 11) is 0. The first-order chi connectivity index (χ1) is 9.49. The molecular weight excluding hydrogens is 275 g/mol. The second-order valence-corrected chi connectivity index (χ2v) is 3.90. The predicted molar refractivity (Wildman–Crippen MR) is 62.9 cm³/mol. The Kier molecular flexibility index (Phi) is 2.61. The van der Waals surface area contributed by atoms with Crippen molar-refractivity contribution in [1.29, 1.82) is 0 Å². The molecule has 3 N–H and O–H groups in total. The summed E-state index contributed by atoms with van der Waals surface area (Å²) in [6.07, 6.45) is 1.32. The second kappa shape index (κ2) is 4.20. The molecule has 0 radical (unpaired) electrons. The fourth-order valence-electron chi connectivity index (χ4n) is 1.73. The number of imidazole rings is 1. The first-order valence-corrected chi connectivity index (χ1v) is 5.42. The fraction of sp³-hybridized carbons (Fsp3) is 0.100. The lowest BCUT2D eigenvalue weighted by Gasteiger charge is -2.07. The van der Waals surface area contributed by atoms with E-state index in [0.29, 0.717) is 5.65 Å². The van der Waals surface area contributed by atoms with Gasteiger partial charge in [0.25, 0.3) is 0 Å². The van der Waals surface area contributed by atoms with Crippen molar-refractivity contribution in [2.75, 3.05) is 5.43 Å². The minimum Gasteiger partial charge on any atom is -0.307 e. The molecule has 20 heavy (non-hydrogen) atoms. The Morgan fingerprint density at radius 3 is 2.70 bits per heavy atom. The molecule has 0 amide bonds. The van der Waals surface area contributed by atoms with Crippen LogP contribution in [0.4, 0.5) is 19.0 Å². The van der Waals surface area contributed by atoms with Gasteiger partial charge in [-0.2, -0.15) is 18.3 Å². The van der Waals surface area contributed by atoms with Crippen LogP contribution >= 0.6 is 0 Å². The summed E-state index contributed by atoms with van der Waals surface area (Å²) < 4.78 is 40.3. The maximum Gasteiger partial charge on any atom is 0.435 e. The molecule has 0 aliphatic rings. The van der Waals surface area contributed by atoms with E-state index in [1.165, 1.54) is 12.4 Å². The maximum absolute atomic E-state index is 12.6. The van der Waals surface area contributed by atoms with E-state index in [0.717, 1.165) is 10.7 Å². The Morgan fingerprint density at radius 1 is 1.25 bits per heavy atom. The van der Waals surface area contributed by atoms with Crippen molar-refractivity contribution < 1.29 is 13.2 Å². The van der Waals surface area contributed by atoms with Crippen molar-refractivity contribution in [1.82, 2.24) is 24.1 Å². The number of nitrogens with one attached hydrogen (secondary N) is 1. The van der Waals surface area contributed by atoms with E-state index >= 15 is 0 Å². The zero-order valence-corrected chi connectivity index (χ0v) is 9.83. The number of alkyl halides is 3. The molecular formula is C10H8F3N7. The Bertz CT molecular complexity index is 758. The highest BCUT2D eigenvalue weighted by atomic mass is 19.4. The Morgan fingerprint density at radius 2 is 2.05 bits per heavy atom. The highest BCUT2D eigenvalue weighted by Crippen LogP contribution is 2.28. The van der Waals surface area contributed by atoms with Crippen LogP contribution in [-0.2, 0) is 6.18 Å². The van der Waals surface area contributed by atoms with Crippen LogP contribution < -0.4 is 11.3 Å². The average Bonchev–Trinajstić information content (AvgIpc) is 3.05. The Labute approximate surface area is 109 Å². The molecule has 0 spiro atoms. The number of rotatable bonds is 2. The van der Waals surface area contributed by atoms with Gasteiger partial charge in [-0.15, -0.1) is 0 Å². The number of fused-ring (bicyclic) bond motifs is 1. The molecule has 0 saturated heterocycles. The number of nitrogens with zero attached hydrogens (tertiary/aromatic N) is 5. The third-order valence-electron chi connectivity index (χ3n) is 2.60. The van der Waals surface area contributed by atoms with E-state index in [9.17, 15) is 13.2 Å². The van der Waals surface area contributed by atoms with Crippen molar-refractivity contribution in [3.63, 3.8) is 0 Å². The molecule has 3 heterocycles. The van der Waals surface area contributed by atoms with Crippen molar-refractivity contribution in [3.05, 3.63) is 36.5 Å². The maximum atomic E-state index is 12.6. The molecule has 0 aromatic carbocycles. The minimum atomic E-state index is -4.51. The van der Waals surface area contributed by atoms with Crippen molar-refractivity contribution in [2.45, 2.75) is 6.18 Å². The first-order valence-electron chi connectivity index (χ1n) is 5.42. The highest BCUT2D eigenvalue weighted by Gasteiger charge is 2.34. The van der Waals surface area contributed by atoms with Crippen LogP contribution in [-0.4, -0.2) is 24.1 Å². The third kappa shape index (κ3) is 1.95. The predicted octanol–water partition coefficient (Wildman–Crippen LogP) is 1.22. The van der Waals surface area contributed by atoms with Crippen LogP contribution in [0.25, 0.3) is 11.5 Å². The van der Waals surface area contributed by atoms with Crippen molar-refractivity contribution in [3.8, 4) is 5.82 Å². The molecule has 0 aliphatic heterocycles. The lowest BCUT2D eigenvalue weighted by atomic mass is 10.4. The van der Waals surface area contributed by atoms with E-state index in [4.69, 9.17) is 5.84 Å². The number of nitrogen functional groups attached to an aromatic ring is 1. The molecule has 3 rings (SSSR count). The third-order valence-corrected chi connectivity index (χ3v) is 2.60. The van der Waals surface area contributed by atoms with Gasteiger partial charge in [0.05, 0.1) is 6.20 Å². The number of anilines is 1. The molecule has 7 nitrogen and oxygen atoms in total. The van der Waals surface area contributed by atoms with Gasteiger partial charge in [-0.3, -0.25) is 0 Å². The highest BCUT2D eigenvalue weighted by molar-refractivity contribution is 5.57. The van der Waals surface area contributed by atoms with Gasteiger partial charge in [0, 0.05) is 18.6 Å². The molecule has 0 bridgehead atoms. The number of hydrazine groups is 1. The summed E-state index contributed by atoms with van der Waals surface area (Å²) in [6, 6.07) is 0.865. The Balaban J connectivity index is 2.18. The van der Waals surface area contributed by atoms with Crippen LogP contribution in [0.2, 0.25) is 0 Å². The number of aromatic nitrogens is 5. The summed E-state index contributed by atoms with van der Waals surface area (Å²) in [5, 5.41) is 3.46. The van der Waals surface area contributed by atoms with Gasteiger partial charge >= 0.3 is 6.18 Å². The SMILES string of the molecule is NNc1cn2ccnc2c(-n2ccc(C(F)(F)F)n2)n1. The quantitative estimate of drug-likeness (QED) is 0.545. The van der Waals surface area contributed by atoms with E-state index < -0.39 is 11.9 Å². The normalized spacial score (nSPS) is 12.0. The molecule has 104 valence electrons. The van der Waals surface area contributed by atoms with Crippen LogP contribution in [0.15, 0.2) is 30.9 Å². The minimum absolute atomic E-state index is 0.140. The van der Waals surface area contributed by atoms with Gasteiger partial charge in [0.2, 0.25) is 0 Å². The summed E-state index contributed by atoms with van der Waals surface area (Å²) in [5.41, 5.74) is 1.69. The molecule has 3 aromatic heterocycles. The van der Waals surface area contributed by atoms with E-state index in [-0.39, 0.29) is 11.6 Å². The molecule has 0 atom stereocenters. The topological polar surface area (TPSA) is 86.1 Å². The van der Waals surface area contributed by atoms with Gasteiger partial charge in [-0.1, -0.05) is 0 Å². The van der Waals surface area contributed by atoms with Crippen molar-refractivity contribution in [2.24, 2.45) is 5.84 Å². The number of hydrogen-bond acceptors (Lipinski definition) is 5. The number of halogens is 3. The smallest absolute Gasteiger partial charge is 0.307 e. The summed E-state index contributed by atoms with van der Waals surface area (Å²) in [5.74, 6) is 5.69. The summed E-state index contributed by atoms with van der Waals surface area (Å²) in [6.45, 7) is 0. The van der Waals surface area contributed by atoms with Crippen LogP contribution in [0, 0.1) is 0 Å². The zero-order valence-electron chi connectivity index (χ0n) is 9.83. The van der Waals surface area contributed by atoms with Gasteiger partial charge in [-0.05, 0) is 6.07 Å². The van der Waals surface area contributed by atoms with Gasteiger partial charge in [0.1, 0.15) is 0 Å².